The molecule has 1 saturated carbocycles. The molecular weight excluding hydrogens is 448 g/mol. The molecule has 1 spiro atoms. The van der Waals surface area contributed by atoms with E-state index in [1.54, 1.807) is 17.9 Å². The number of ether oxygens (including phenoxy) is 2. The zero-order valence-electron chi connectivity index (χ0n) is 21.7. The van der Waals surface area contributed by atoms with Gasteiger partial charge in [-0.05, 0) is 45.4 Å². The molecule has 2 bridgehead atoms. The van der Waals surface area contributed by atoms with Crippen molar-refractivity contribution in [3.63, 3.8) is 0 Å². The summed E-state index contributed by atoms with van der Waals surface area (Å²) < 4.78 is 12.1. The maximum Gasteiger partial charge on any atom is 0.312 e. The topological polar surface area (TPSA) is 96.4 Å². The highest BCUT2D eigenvalue weighted by molar-refractivity contribution is 5.98. The van der Waals surface area contributed by atoms with Gasteiger partial charge >= 0.3 is 5.97 Å². The van der Waals surface area contributed by atoms with Gasteiger partial charge in [0.1, 0.15) is 17.6 Å². The number of rotatable bonds is 9. The molecule has 0 radical (unpaired) electrons. The summed E-state index contributed by atoms with van der Waals surface area (Å²) >= 11 is 0. The van der Waals surface area contributed by atoms with E-state index in [0.717, 1.165) is 32.1 Å². The molecule has 3 heterocycles. The monoisotopic (exact) mass is 490 g/mol. The molecule has 0 aromatic rings. The van der Waals surface area contributed by atoms with Crippen molar-refractivity contribution in [3.8, 4) is 0 Å². The number of aliphatic hydroxyl groups excluding tert-OH is 1. The standard InChI is InChI=1S/C27H42N2O6/c1-6-15-28(18-11-9-8-10-12-18)24(32)22-27-14-13-26(5,35-27)21(25(33)34-7-2)20(27)23(31)29(22)19(16-30)17(3)4/h6,17-22,30H,1,7-16H2,2-5H3/t19-,20-,21+,22?,26-,27?/m0/s1. The second kappa shape index (κ2) is 9.85. The van der Waals surface area contributed by atoms with E-state index in [9.17, 15) is 19.5 Å². The highest BCUT2D eigenvalue weighted by Crippen LogP contribution is 2.64. The van der Waals surface area contributed by atoms with Gasteiger partial charge in [0.05, 0.1) is 30.8 Å². The minimum Gasteiger partial charge on any atom is -0.466 e. The number of likely N-dealkylation sites (tertiary alicyclic amines) is 1. The first kappa shape index (κ1) is 26.1. The van der Waals surface area contributed by atoms with Gasteiger partial charge < -0.3 is 24.4 Å². The van der Waals surface area contributed by atoms with Crippen LogP contribution in [0.2, 0.25) is 0 Å². The number of esters is 1. The summed E-state index contributed by atoms with van der Waals surface area (Å²) in [4.78, 5) is 45.2. The Morgan fingerprint density at radius 2 is 1.97 bits per heavy atom. The fourth-order valence-corrected chi connectivity index (χ4v) is 7.32. The fourth-order valence-electron chi connectivity index (χ4n) is 7.32. The van der Waals surface area contributed by atoms with Gasteiger partial charge in [-0.2, -0.15) is 0 Å². The van der Waals surface area contributed by atoms with Crippen molar-refractivity contribution in [1.82, 2.24) is 9.80 Å². The molecule has 0 aromatic heterocycles. The van der Waals surface area contributed by atoms with Gasteiger partial charge in [0, 0.05) is 12.6 Å². The predicted octanol–water partition coefficient (Wildman–Crippen LogP) is 2.68. The Morgan fingerprint density at radius 3 is 2.54 bits per heavy atom. The Morgan fingerprint density at radius 1 is 1.29 bits per heavy atom. The van der Waals surface area contributed by atoms with E-state index in [2.05, 4.69) is 6.58 Å². The molecule has 2 unspecified atom stereocenters. The smallest absolute Gasteiger partial charge is 0.312 e. The van der Waals surface area contributed by atoms with E-state index in [1.807, 2.05) is 25.7 Å². The van der Waals surface area contributed by atoms with Crippen molar-refractivity contribution < 1.29 is 29.0 Å². The first-order chi connectivity index (χ1) is 16.7. The lowest BCUT2D eigenvalue weighted by atomic mass is 9.66. The molecule has 1 aliphatic carbocycles. The van der Waals surface area contributed by atoms with E-state index in [0.29, 0.717) is 19.4 Å². The Balaban J connectivity index is 1.81. The number of carbonyl (C=O) groups excluding carboxylic acids is 3. The number of carbonyl (C=O) groups is 3. The molecule has 3 aliphatic heterocycles. The highest BCUT2D eigenvalue weighted by Gasteiger charge is 2.79. The van der Waals surface area contributed by atoms with Crippen LogP contribution in [0.5, 0.6) is 0 Å². The molecule has 35 heavy (non-hydrogen) atoms. The number of amides is 2. The SMILES string of the molecule is C=CCN(C(=O)C1N([C@@H](CO)C(C)C)C(=O)[C@@H]2[C@H](C(=O)OCC)[C@]3(C)CCC12O3)C1CCCCC1. The third-order valence-electron chi connectivity index (χ3n) is 8.93. The maximum atomic E-state index is 14.5. The molecule has 2 amide bonds. The number of fused-ring (bicyclic) bond motifs is 1. The van der Waals surface area contributed by atoms with E-state index < -0.39 is 41.1 Å². The van der Waals surface area contributed by atoms with E-state index in [-0.39, 0.29) is 37.0 Å². The quantitative estimate of drug-likeness (QED) is 0.394. The molecular formula is C27H42N2O6. The largest absolute Gasteiger partial charge is 0.466 e. The second-order valence-electron chi connectivity index (χ2n) is 11.3. The zero-order valence-corrected chi connectivity index (χ0v) is 21.7. The third kappa shape index (κ3) is 4.01. The number of nitrogens with zero attached hydrogens (tertiary/aromatic N) is 2. The van der Waals surface area contributed by atoms with Crippen LogP contribution in [0.4, 0.5) is 0 Å². The van der Waals surface area contributed by atoms with Crippen LogP contribution in [0.15, 0.2) is 12.7 Å². The van der Waals surface area contributed by atoms with Crippen LogP contribution in [0.25, 0.3) is 0 Å². The molecule has 8 nitrogen and oxygen atoms in total. The number of aliphatic hydroxyl groups is 1. The van der Waals surface area contributed by atoms with Crippen LogP contribution in [-0.2, 0) is 23.9 Å². The average molecular weight is 491 g/mol. The summed E-state index contributed by atoms with van der Waals surface area (Å²) in [6, 6.07) is -1.35. The molecule has 4 aliphatic rings. The van der Waals surface area contributed by atoms with Crippen LogP contribution in [0.1, 0.15) is 72.6 Å². The van der Waals surface area contributed by atoms with Gasteiger partial charge in [0.15, 0.2) is 0 Å². The van der Waals surface area contributed by atoms with Crippen molar-refractivity contribution in [2.24, 2.45) is 17.8 Å². The van der Waals surface area contributed by atoms with Gasteiger partial charge in [0.25, 0.3) is 0 Å². The molecule has 4 fully saturated rings. The van der Waals surface area contributed by atoms with Crippen LogP contribution >= 0.6 is 0 Å². The van der Waals surface area contributed by atoms with Gasteiger partial charge in [-0.25, -0.2) is 0 Å². The Hall–Kier alpha value is -1.93. The van der Waals surface area contributed by atoms with Crippen LogP contribution in [0, 0.1) is 17.8 Å². The van der Waals surface area contributed by atoms with Crippen LogP contribution < -0.4 is 0 Å². The molecule has 6 atom stereocenters. The lowest BCUT2D eigenvalue weighted by molar-refractivity contribution is -0.163. The van der Waals surface area contributed by atoms with Crippen molar-refractivity contribution in [3.05, 3.63) is 12.7 Å². The van der Waals surface area contributed by atoms with Gasteiger partial charge in [-0.3, -0.25) is 14.4 Å². The summed E-state index contributed by atoms with van der Waals surface area (Å²) in [5.74, 6) is -2.51. The predicted molar refractivity (Wildman–Crippen MR) is 130 cm³/mol. The van der Waals surface area contributed by atoms with Gasteiger partial charge in [-0.1, -0.05) is 39.2 Å². The van der Waals surface area contributed by atoms with E-state index in [1.165, 1.54) is 0 Å². The third-order valence-corrected chi connectivity index (χ3v) is 8.93. The summed E-state index contributed by atoms with van der Waals surface area (Å²) in [5, 5.41) is 10.3. The minimum atomic E-state index is -1.10. The Labute approximate surface area is 209 Å². The lowest BCUT2D eigenvalue weighted by Gasteiger charge is -2.43. The fraction of sp³-hybridized carbons (Fsp3) is 0.815. The van der Waals surface area contributed by atoms with Crippen LogP contribution in [0.3, 0.4) is 0 Å². The van der Waals surface area contributed by atoms with Crippen molar-refractivity contribution in [2.45, 2.75) is 102 Å². The molecule has 196 valence electrons. The Kier molecular flexibility index (Phi) is 7.36. The normalized spacial score (nSPS) is 35.3. The van der Waals surface area contributed by atoms with E-state index in [4.69, 9.17) is 9.47 Å². The summed E-state index contributed by atoms with van der Waals surface area (Å²) in [6.07, 6.45) is 7.98. The van der Waals surface area contributed by atoms with Gasteiger partial charge in [0.2, 0.25) is 11.8 Å². The summed E-state index contributed by atoms with van der Waals surface area (Å²) in [7, 11) is 0. The molecule has 4 rings (SSSR count). The van der Waals surface area contributed by atoms with Crippen molar-refractivity contribution in [1.29, 1.82) is 0 Å². The molecule has 0 aromatic carbocycles. The average Bonchev–Trinajstić information content (AvgIpc) is 3.39. The van der Waals surface area contributed by atoms with Crippen LogP contribution in [-0.4, -0.2) is 81.8 Å². The van der Waals surface area contributed by atoms with Crippen molar-refractivity contribution >= 4 is 17.8 Å². The second-order valence-corrected chi connectivity index (χ2v) is 11.3. The first-order valence-electron chi connectivity index (χ1n) is 13.4. The van der Waals surface area contributed by atoms with Crippen molar-refractivity contribution in [2.75, 3.05) is 19.8 Å². The first-order valence-corrected chi connectivity index (χ1v) is 13.4. The zero-order chi connectivity index (χ0) is 25.5. The summed E-state index contributed by atoms with van der Waals surface area (Å²) in [6.45, 7) is 11.7. The Bertz CT molecular complexity index is 855. The van der Waals surface area contributed by atoms with E-state index >= 15 is 0 Å². The number of hydrogen-bond acceptors (Lipinski definition) is 6. The maximum absolute atomic E-state index is 14.5. The highest BCUT2D eigenvalue weighted by atomic mass is 16.6. The molecule has 8 heteroatoms. The lowest BCUT2D eigenvalue weighted by Crippen LogP contribution is -2.61. The summed E-state index contributed by atoms with van der Waals surface area (Å²) in [5.41, 5.74) is -1.95. The molecule has 3 saturated heterocycles. The van der Waals surface area contributed by atoms with Gasteiger partial charge in [-0.15, -0.1) is 6.58 Å². The number of hydrogen-bond donors (Lipinski definition) is 1. The molecule has 1 N–H and O–H groups in total. The minimum absolute atomic E-state index is 0.0779.